The first-order valence-electron chi connectivity index (χ1n) is 5.83. The minimum absolute atomic E-state index is 0.133. The molecule has 1 rings (SSSR count). The SMILES string of the molecule is COCCN(CCC#N)c1ccc(N)cc1C(=O)O. The number of methoxy groups -OCH3 is 1. The van der Waals surface area contributed by atoms with Crippen LogP contribution in [-0.2, 0) is 4.74 Å². The average Bonchev–Trinajstić information content (AvgIpc) is 2.39. The Morgan fingerprint density at radius 3 is 2.84 bits per heavy atom. The molecule has 0 atom stereocenters. The third-order valence-corrected chi connectivity index (χ3v) is 2.65. The van der Waals surface area contributed by atoms with Gasteiger partial charge in [0, 0.05) is 25.9 Å². The van der Waals surface area contributed by atoms with E-state index in [1.165, 1.54) is 6.07 Å². The van der Waals surface area contributed by atoms with E-state index in [1.807, 2.05) is 11.0 Å². The number of rotatable bonds is 7. The Hall–Kier alpha value is -2.26. The van der Waals surface area contributed by atoms with Crippen LogP contribution < -0.4 is 10.6 Å². The number of nitrogen functional groups attached to an aromatic ring is 1. The monoisotopic (exact) mass is 263 g/mol. The van der Waals surface area contributed by atoms with Gasteiger partial charge in [-0.1, -0.05) is 0 Å². The molecule has 102 valence electrons. The molecule has 1 aromatic rings. The predicted octanol–water partition coefficient (Wildman–Crippen LogP) is 1.33. The molecule has 0 fully saturated rings. The molecule has 0 aliphatic heterocycles. The van der Waals surface area contributed by atoms with E-state index in [9.17, 15) is 9.90 Å². The van der Waals surface area contributed by atoms with E-state index in [1.54, 1.807) is 19.2 Å². The van der Waals surface area contributed by atoms with Gasteiger partial charge in [0.25, 0.3) is 0 Å². The summed E-state index contributed by atoms with van der Waals surface area (Å²) in [6.45, 7) is 1.42. The lowest BCUT2D eigenvalue weighted by molar-refractivity contribution is 0.0697. The van der Waals surface area contributed by atoms with Crippen LogP contribution in [0.1, 0.15) is 16.8 Å². The van der Waals surface area contributed by atoms with Crippen LogP contribution in [0.2, 0.25) is 0 Å². The summed E-state index contributed by atoms with van der Waals surface area (Å²) >= 11 is 0. The molecule has 0 saturated carbocycles. The summed E-state index contributed by atoms with van der Waals surface area (Å²) in [5, 5.41) is 17.9. The fraction of sp³-hybridized carbons (Fsp3) is 0.385. The number of ether oxygens (including phenoxy) is 1. The van der Waals surface area contributed by atoms with E-state index < -0.39 is 5.97 Å². The summed E-state index contributed by atoms with van der Waals surface area (Å²) in [5.74, 6) is -1.04. The molecule has 1 aromatic carbocycles. The molecule has 0 heterocycles. The predicted molar refractivity (Wildman–Crippen MR) is 72.1 cm³/mol. The normalized spacial score (nSPS) is 9.89. The van der Waals surface area contributed by atoms with Gasteiger partial charge in [0.15, 0.2) is 0 Å². The Kier molecular flexibility index (Phi) is 5.64. The third-order valence-electron chi connectivity index (χ3n) is 2.65. The lowest BCUT2D eigenvalue weighted by Crippen LogP contribution is -2.29. The Labute approximate surface area is 112 Å². The number of carboxylic acid groups (broad SMARTS) is 1. The van der Waals surface area contributed by atoms with Crippen molar-refractivity contribution in [3.63, 3.8) is 0 Å². The maximum atomic E-state index is 11.2. The molecule has 6 nitrogen and oxygen atoms in total. The van der Waals surface area contributed by atoms with Crippen LogP contribution in [0.5, 0.6) is 0 Å². The van der Waals surface area contributed by atoms with Crippen molar-refractivity contribution >= 4 is 17.3 Å². The number of carbonyl (C=O) groups is 1. The first-order chi connectivity index (χ1) is 9.10. The van der Waals surface area contributed by atoms with Crippen molar-refractivity contribution in [2.75, 3.05) is 37.4 Å². The van der Waals surface area contributed by atoms with E-state index >= 15 is 0 Å². The summed E-state index contributed by atoms with van der Waals surface area (Å²) in [6, 6.07) is 6.78. The zero-order valence-electron chi connectivity index (χ0n) is 10.8. The minimum Gasteiger partial charge on any atom is -0.478 e. The Morgan fingerprint density at radius 2 is 2.26 bits per heavy atom. The van der Waals surface area contributed by atoms with Gasteiger partial charge < -0.3 is 20.5 Å². The van der Waals surface area contributed by atoms with Crippen LogP contribution in [-0.4, -0.2) is 37.9 Å². The molecular weight excluding hydrogens is 246 g/mol. The van der Waals surface area contributed by atoms with Gasteiger partial charge in [-0.25, -0.2) is 4.79 Å². The Morgan fingerprint density at radius 1 is 1.53 bits per heavy atom. The zero-order chi connectivity index (χ0) is 14.3. The van der Waals surface area contributed by atoms with Crippen molar-refractivity contribution in [3.8, 4) is 6.07 Å². The van der Waals surface area contributed by atoms with Crippen LogP contribution in [0.4, 0.5) is 11.4 Å². The zero-order valence-corrected chi connectivity index (χ0v) is 10.8. The Bertz CT molecular complexity index is 483. The number of carboxylic acids is 1. The molecule has 0 aliphatic carbocycles. The first-order valence-corrected chi connectivity index (χ1v) is 5.83. The van der Waals surface area contributed by atoms with Crippen LogP contribution in [0.25, 0.3) is 0 Å². The van der Waals surface area contributed by atoms with Crippen molar-refractivity contribution in [3.05, 3.63) is 23.8 Å². The van der Waals surface area contributed by atoms with Crippen LogP contribution in [0, 0.1) is 11.3 Å². The molecule has 0 aliphatic rings. The number of benzene rings is 1. The summed E-state index contributed by atoms with van der Waals surface area (Å²) in [5.41, 5.74) is 6.69. The highest BCUT2D eigenvalue weighted by molar-refractivity contribution is 5.95. The fourth-order valence-electron chi connectivity index (χ4n) is 1.74. The standard InChI is InChI=1S/C13H17N3O3/c1-19-8-7-16(6-2-5-14)12-4-3-10(15)9-11(12)13(17)18/h3-4,9H,2,6-8,15H2,1H3,(H,17,18). The number of anilines is 2. The molecule has 19 heavy (non-hydrogen) atoms. The molecule has 0 aromatic heterocycles. The van der Waals surface area contributed by atoms with Crippen molar-refractivity contribution in [1.82, 2.24) is 0 Å². The molecule has 0 saturated heterocycles. The lowest BCUT2D eigenvalue weighted by Gasteiger charge is -2.25. The van der Waals surface area contributed by atoms with Gasteiger partial charge in [-0.15, -0.1) is 0 Å². The topological polar surface area (TPSA) is 99.6 Å². The van der Waals surface area contributed by atoms with Gasteiger partial charge >= 0.3 is 5.97 Å². The van der Waals surface area contributed by atoms with Crippen LogP contribution in [0.15, 0.2) is 18.2 Å². The molecule has 0 bridgehead atoms. The van der Waals surface area contributed by atoms with Crippen LogP contribution in [0.3, 0.4) is 0 Å². The summed E-state index contributed by atoms with van der Waals surface area (Å²) in [7, 11) is 1.57. The van der Waals surface area contributed by atoms with E-state index in [4.69, 9.17) is 15.7 Å². The largest absolute Gasteiger partial charge is 0.478 e. The second-order valence-electron chi connectivity index (χ2n) is 3.97. The van der Waals surface area contributed by atoms with Gasteiger partial charge in [-0.3, -0.25) is 0 Å². The molecule has 0 spiro atoms. The van der Waals surface area contributed by atoms with Gasteiger partial charge in [-0.05, 0) is 18.2 Å². The van der Waals surface area contributed by atoms with Gasteiger partial charge in [0.1, 0.15) is 0 Å². The number of hydrogen-bond acceptors (Lipinski definition) is 5. The second-order valence-corrected chi connectivity index (χ2v) is 3.97. The highest BCUT2D eigenvalue weighted by Crippen LogP contribution is 2.23. The van der Waals surface area contributed by atoms with Crippen molar-refractivity contribution in [2.45, 2.75) is 6.42 Å². The van der Waals surface area contributed by atoms with E-state index in [0.29, 0.717) is 37.5 Å². The number of nitriles is 1. The van der Waals surface area contributed by atoms with E-state index in [-0.39, 0.29) is 5.56 Å². The molecule has 6 heteroatoms. The maximum absolute atomic E-state index is 11.2. The van der Waals surface area contributed by atoms with Crippen LogP contribution >= 0.6 is 0 Å². The minimum atomic E-state index is -1.04. The number of nitrogens with zero attached hydrogens (tertiary/aromatic N) is 2. The van der Waals surface area contributed by atoms with Crippen molar-refractivity contribution in [1.29, 1.82) is 5.26 Å². The summed E-state index contributed by atoms with van der Waals surface area (Å²) < 4.78 is 5.00. The summed E-state index contributed by atoms with van der Waals surface area (Å²) in [6.07, 6.45) is 0.313. The van der Waals surface area contributed by atoms with E-state index in [2.05, 4.69) is 0 Å². The number of aromatic carboxylic acids is 1. The van der Waals surface area contributed by atoms with Gasteiger partial charge in [0.05, 0.1) is 30.3 Å². The smallest absolute Gasteiger partial charge is 0.337 e. The fourth-order valence-corrected chi connectivity index (χ4v) is 1.74. The van der Waals surface area contributed by atoms with Gasteiger partial charge in [0.2, 0.25) is 0 Å². The Balaban J connectivity index is 3.06. The maximum Gasteiger partial charge on any atom is 0.337 e. The molecule has 0 unspecified atom stereocenters. The lowest BCUT2D eigenvalue weighted by atomic mass is 10.1. The number of nitrogens with two attached hydrogens (primary N) is 1. The summed E-state index contributed by atoms with van der Waals surface area (Å²) in [4.78, 5) is 13.1. The highest BCUT2D eigenvalue weighted by Gasteiger charge is 2.16. The third kappa shape index (κ3) is 4.16. The molecule has 0 radical (unpaired) electrons. The average molecular weight is 263 g/mol. The molecule has 3 N–H and O–H groups in total. The quantitative estimate of drug-likeness (QED) is 0.720. The van der Waals surface area contributed by atoms with Crippen molar-refractivity contribution < 1.29 is 14.6 Å². The second kappa shape index (κ2) is 7.24. The molecule has 0 amide bonds. The van der Waals surface area contributed by atoms with E-state index in [0.717, 1.165) is 0 Å². The van der Waals surface area contributed by atoms with Crippen molar-refractivity contribution in [2.24, 2.45) is 0 Å². The highest BCUT2D eigenvalue weighted by atomic mass is 16.5. The van der Waals surface area contributed by atoms with Gasteiger partial charge in [-0.2, -0.15) is 5.26 Å². The molecular formula is C13H17N3O3. The first kappa shape index (κ1) is 14.8. The number of hydrogen-bond donors (Lipinski definition) is 2.